The Hall–Kier alpha value is -1.57. The van der Waals surface area contributed by atoms with Gasteiger partial charge in [-0.25, -0.2) is 4.98 Å². The summed E-state index contributed by atoms with van der Waals surface area (Å²) >= 11 is 0. The third-order valence-electron chi connectivity index (χ3n) is 6.88. The number of hydrogen-bond donors (Lipinski definition) is 3. The molecule has 9 heteroatoms. The van der Waals surface area contributed by atoms with Crippen molar-refractivity contribution in [2.24, 2.45) is 24.6 Å². The topological polar surface area (TPSA) is 106 Å². The van der Waals surface area contributed by atoms with Crippen LogP contribution in [0.25, 0.3) is 11.0 Å². The summed E-state index contributed by atoms with van der Waals surface area (Å²) in [6.07, 6.45) is 6.66. The highest BCUT2D eigenvalue weighted by Gasteiger charge is 2.39. The summed E-state index contributed by atoms with van der Waals surface area (Å²) in [6.45, 7) is 3.89. The summed E-state index contributed by atoms with van der Waals surface area (Å²) in [7, 11) is 1.69. The number of aryl methyl sites for hydroxylation is 3. The van der Waals surface area contributed by atoms with E-state index in [1.165, 1.54) is 23.9 Å². The SMILES string of the molecule is Cc1nc2[nH]n(C)c(=O)c2c(C)c1CCC(=O)NC1C2CCCC1CC(N)C2.Cl.Cl. The summed E-state index contributed by atoms with van der Waals surface area (Å²) < 4.78 is 1.45. The van der Waals surface area contributed by atoms with Crippen LogP contribution >= 0.6 is 24.8 Å². The monoisotopic (exact) mass is 457 g/mol. The Bertz CT molecular complexity index is 956. The molecule has 2 bridgehead atoms. The van der Waals surface area contributed by atoms with E-state index in [0.717, 1.165) is 29.7 Å². The minimum atomic E-state index is -0.0722. The molecule has 2 unspecified atom stereocenters. The van der Waals surface area contributed by atoms with Gasteiger partial charge in [0.2, 0.25) is 5.91 Å². The van der Waals surface area contributed by atoms with Crippen LogP contribution in [0, 0.1) is 25.7 Å². The third kappa shape index (κ3) is 4.53. The van der Waals surface area contributed by atoms with Crippen molar-refractivity contribution in [3.8, 4) is 0 Å². The van der Waals surface area contributed by atoms with E-state index in [0.29, 0.717) is 35.7 Å². The van der Waals surface area contributed by atoms with Crippen LogP contribution < -0.4 is 16.6 Å². The maximum absolute atomic E-state index is 12.7. The fourth-order valence-corrected chi connectivity index (χ4v) is 5.50. The van der Waals surface area contributed by atoms with Crippen molar-refractivity contribution < 1.29 is 4.79 Å². The molecule has 2 saturated carbocycles. The normalized spacial score (nSPS) is 25.3. The Balaban J connectivity index is 0.00000160. The number of nitrogens with one attached hydrogen (secondary N) is 2. The van der Waals surface area contributed by atoms with Crippen LogP contribution in [0.3, 0.4) is 0 Å². The van der Waals surface area contributed by atoms with Crippen molar-refractivity contribution in [3.63, 3.8) is 0 Å². The lowest BCUT2D eigenvalue weighted by Crippen LogP contribution is -2.53. The van der Waals surface area contributed by atoms with Gasteiger partial charge >= 0.3 is 0 Å². The lowest BCUT2D eigenvalue weighted by atomic mass is 9.67. The highest BCUT2D eigenvalue weighted by Crippen LogP contribution is 2.39. The van der Waals surface area contributed by atoms with Gasteiger partial charge in [-0.1, -0.05) is 6.42 Å². The molecular formula is C21H33Cl2N5O2. The smallest absolute Gasteiger partial charge is 0.276 e. The van der Waals surface area contributed by atoms with E-state index >= 15 is 0 Å². The first-order valence-corrected chi connectivity index (χ1v) is 10.4. The van der Waals surface area contributed by atoms with Crippen molar-refractivity contribution >= 4 is 41.8 Å². The first-order chi connectivity index (χ1) is 13.3. The number of H-pyrrole nitrogens is 1. The molecule has 2 heterocycles. The highest BCUT2D eigenvalue weighted by atomic mass is 35.5. The molecule has 0 aromatic carbocycles. The number of aromatic amines is 1. The highest BCUT2D eigenvalue weighted by molar-refractivity contribution is 5.85. The van der Waals surface area contributed by atoms with Crippen molar-refractivity contribution in [3.05, 3.63) is 27.2 Å². The van der Waals surface area contributed by atoms with Crippen molar-refractivity contribution in [1.82, 2.24) is 20.1 Å². The van der Waals surface area contributed by atoms with Crippen LogP contribution in [0.5, 0.6) is 0 Å². The van der Waals surface area contributed by atoms with Gasteiger partial charge in [0.15, 0.2) is 5.65 Å². The Kier molecular flexibility index (Phi) is 7.99. The fourth-order valence-electron chi connectivity index (χ4n) is 5.50. The second-order valence-electron chi connectivity index (χ2n) is 8.78. The number of nitrogens with two attached hydrogens (primary N) is 1. The van der Waals surface area contributed by atoms with Crippen LogP contribution in [-0.4, -0.2) is 32.8 Å². The minimum Gasteiger partial charge on any atom is -0.353 e. The van der Waals surface area contributed by atoms with E-state index in [1.54, 1.807) is 7.05 Å². The number of amides is 1. The second kappa shape index (κ2) is 9.71. The maximum Gasteiger partial charge on any atom is 0.276 e. The van der Waals surface area contributed by atoms with Crippen LogP contribution in [0.1, 0.15) is 55.3 Å². The number of carbonyl (C=O) groups is 1. The zero-order valence-corrected chi connectivity index (χ0v) is 19.5. The van der Waals surface area contributed by atoms with Gasteiger partial charge in [0, 0.05) is 31.2 Å². The summed E-state index contributed by atoms with van der Waals surface area (Å²) in [5.74, 6) is 1.14. The van der Waals surface area contributed by atoms with Crippen LogP contribution in [0.2, 0.25) is 0 Å². The predicted molar refractivity (Wildman–Crippen MR) is 124 cm³/mol. The number of hydrogen-bond acceptors (Lipinski definition) is 4. The number of carbonyl (C=O) groups excluding carboxylic acids is 1. The van der Waals surface area contributed by atoms with Crippen LogP contribution in [0.4, 0.5) is 0 Å². The standard InChI is InChI=1S/C21H31N5O2.2ClH/c1-11-16(12(2)23-20-18(11)21(28)26(3)25-20)7-8-17(27)24-19-13-5-4-6-14(19)10-15(22)9-13;;/h13-15,19H,4-10,22H2,1-3H3,(H,23,25)(H,24,27);2*1H. The van der Waals surface area contributed by atoms with E-state index in [1.807, 2.05) is 13.8 Å². The summed E-state index contributed by atoms with van der Waals surface area (Å²) in [6, 6.07) is 0.566. The Morgan fingerprint density at radius 3 is 2.50 bits per heavy atom. The summed E-state index contributed by atoms with van der Waals surface area (Å²) in [5.41, 5.74) is 9.55. The van der Waals surface area contributed by atoms with Crippen molar-refractivity contribution in [2.45, 2.75) is 70.9 Å². The molecule has 30 heavy (non-hydrogen) atoms. The van der Waals surface area contributed by atoms with Gasteiger partial charge < -0.3 is 11.1 Å². The molecule has 0 spiro atoms. The van der Waals surface area contributed by atoms with Gasteiger partial charge in [0.1, 0.15) is 0 Å². The molecule has 2 aromatic heterocycles. The molecule has 7 nitrogen and oxygen atoms in total. The molecule has 168 valence electrons. The van der Waals surface area contributed by atoms with Crippen molar-refractivity contribution in [2.75, 3.05) is 0 Å². The average Bonchev–Trinajstić information content (AvgIpc) is 2.89. The number of halogens is 2. The minimum absolute atomic E-state index is 0. The molecule has 2 aromatic rings. The lowest BCUT2D eigenvalue weighted by molar-refractivity contribution is -0.123. The van der Waals surface area contributed by atoms with Gasteiger partial charge in [-0.15, -0.1) is 24.8 Å². The molecule has 0 radical (unpaired) electrons. The second-order valence-corrected chi connectivity index (χ2v) is 8.78. The first kappa shape index (κ1) is 24.7. The van der Waals surface area contributed by atoms with Gasteiger partial charge in [-0.3, -0.25) is 19.4 Å². The zero-order valence-electron chi connectivity index (χ0n) is 17.9. The molecule has 2 atom stereocenters. The van der Waals surface area contributed by atoms with Gasteiger partial charge in [-0.2, -0.15) is 0 Å². The van der Waals surface area contributed by atoms with E-state index in [-0.39, 0.29) is 48.4 Å². The zero-order chi connectivity index (χ0) is 20.0. The Morgan fingerprint density at radius 2 is 1.87 bits per heavy atom. The predicted octanol–water partition coefficient (Wildman–Crippen LogP) is 2.68. The quantitative estimate of drug-likeness (QED) is 0.655. The molecule has 4 rings (SSSR count). The first-order valence-electron chi connectivity index (χ1n) is 10.4. The van der Waals surface area contributed by atoms with E-state index in [9.17, 15) is 9.59 Å². The molecule has 2 aliphatic rings. The molecule has 4 N–H and O–H groups in total. The average molecular weight is 458 g/mol. The Labute approximate surface area is 189 Å². The number of nitrogens with zero attached hydrogens (tertiary/aromatic N) is 2. The molecule has 2 fully saturated rings. The Morgan fingerprint density at radius 1 is 1.23 bits per heavy atom. The maximum atomic E-state index is 12.7. The molecule has 1 amide bonds. The van der Waals surface area contributed by atoms with E-state index in [2.05, 4.69) is 15.4 Å². The van der Waals surface area contributed by atoms with Gasteiger partial charge in [0.25, 0.3) is 5.56 Å². The van der Waals surface area contributed by atoms with Gasteiger partial charge in [0.05, 0.1) is 5.39 Å². The van der Waals surface area contributed by atoms with E-state index in [4.69, 9.17) is 5.73 Å². The number of pyridine rings is 1. The summed E-state index contributed by atoms with van der Waals surface area (Å²) in [4.78, 5) is 29.6. The lowest BCUT2D eigenvalue weighted by Gasteiger charge is -2.45. The molecule has 0 aliphatic heterocycles. The third-order valence-corrected chi connectivity index (χ3v) is 6.88. The summed E-state index contributed by atoms with van der Waals surface area (Å²) in [5, 5.41) is 6.93. The molecule has 2 aliphatic carbocycles. The molecule has 0 saturated heterocycles. The van der Waals surface area contributed by atoms with Crippen molar-refractivity contribution in [1.29, 1.82) is 0 Å². The van der Waals surface area contributed by atoms with E-state index < -0.39 is 0 Å². The number of aromatic nitrogens is 3. The van der Waals surface area contributed by atoms with Crippen LogP contribution in [-0.2, 0) is 18.3 Å². The van der Waals surface area contributed by atoms with Crippen LogP contribution in [0.15, 0.2) is 4.79 Å². The fraction of sp³-hybridized carbons (Fsp3) is 0.667. The number of fused-ring (bicyclic) bond motifs is 3. The molecular weight excluding hydrogens is 425 g/mol. The number of rotatable bonds is 4. The largest absolute Gasteiger partial charge is 0.353 e. The van der Waals surface area contributed by atoms with Gasteiger partial charge in [-0.05, 0) is 68.9 Å².